The molecule has 0 saturated carbocycles. The molecule has 0 aliphatic carbocycles. The minimum atomic E-state index is -0.562. The van der Waals surface area contributed by atoms with Crippen LogP contribution in [0.5, 0.6) is 5.75 Å². The highest BCUT2D eigenvalue weighted by Gasteiger charge is 2.25. The summed E-state index contributed by atoms with van der Waals surface area (Å²) >= 11 is 0. The van der Waals surface area contributed by atoms with Crippen LogP contribution in [0.3, 0.4) is 0 Å². The van der Waals surface area contributed by atoms with E-state index in [2.05, 4.69) is 10.6 Å². The minimum Gasteiger partial charge on any atom is -0.496 e. The van der Waals surface area contributed by atoms with E-state index in [1.165, 1.54) is 19.2 Å². The lowest BCUT2D eigenvalue weighted by Gasteiger charge is -2.30. The van der Waals surface area contributed by atoms with Gasteiger partial charge in [0.1, 0.15) is 17.1 Å². The first-order valence-corrected chi connectivity index (χ1v) is 6.50. The Morgan fingerprint density at radius 2 is 2.25 bits per heavy atom. The van der Waals surface area contributed by atoms with Crippen LogP contribution in [0.4, 0.5) is 4.39 Å². The quantitative estimate of drug-likeness (QED) is 0.899. The Morgan fingerprint density at radius 3 is 2.90 bits per heavy atom. The molecule has 20 heavy (non-hydrogen) atoms. The van der Waals surface area contributed by atoms with Crippen LogP contribution >= 0.6 is 12.4 Å². The van der Waals surface area contributed by atoms with Gasteiger partial charge in [-0.2, -0.15) is 0 Å². The van der Waals surface area contributed by atoms with E-state index in [1.807, 2.05) is 6.92 Å². The Morgan fingerprint density at radius 1 is 1.50 bits per heavy atom. The molecule has 1 amide bonds. The van der Waals surface area contributed by atoms with Crippen LogP contribution in [0, 0.1) is 5.82 Å². The van der Waals surface area contributed by atoms with Crippen molar-refractivity contribution in [3.8, 4) is 5.75 Å². The molecule has 4 nitrogen and oxygen atoms in total. The van der Waals surface area contributed by atoms with Crippen molar-refractivity contribution >= 4 is 18.3 Å². The number of piperidine rings is 1. The topological polar surface area (TPSA) is 50.4 Å². The molecule has 1 aromatic rings. The van der Waals surface area contributed by atoms with Gasteiger partial charge in [-0.1, -0.05) is 6.07 Å². The molecule has 1 fully saturated rings. The number of carbonyl (C=O) groups is 1. The van der Waals surface area contributed by atoms with Crippen LogP contribution in [-0.4, -0.2) is 31.6 Å². The number of halogens is 2. The van der Waals surface area contributed by atoms with Gasteiger partial charge in [0.05, 0.1) is 7.11 Å². The van der Waals surface area contributed by atoms with Crippen LogP contribution in [0.1, 0.15) is 30.1 Å². The number of hydrogen-bond acceptors (Lipinski definition) is 3. The van der Waals surface area contributed by atoms with E-state index in [0.717, 1.165) is 19.4 Å². The SMILES string of the molecule is COc1cccc(F)c1C(=O)NC1CCCNC1C.Cl. The number of rotatable bonds is 3. The second kappa shape index (κ2) is 7.45. The molecule has 0 bridgehead atoms. The number of carbonyl (C=O) groups excluding carboxylic acids is 1. The monoisotopic (exact) mass is 302 g/mol. The van der Waals surface area contributed by atoms with E-state index in [1.54, 1.807) is 6.07 Å². The van der Waals surface area contributed by atoms with Crippen molar-refractivity contribution in [1.82, 2.24) is 10.6 Å². The van der Waals surface area contributed by atoms with Gasteiger partial charge in [-0.25, -0.2) is 4.39 Å². The second-order valence-electron chi connectivity index (χ2n) is 4.78. The summed E-state index contributed by atoms with van der Waals surface area (Å²) in [7, 11) is 1.43. The zero-order valence-electron chi connectivity index (χ0n) is 11.6. The number of hydrogen-bond donors (Lipinski definition) is 2. The highest BCUT2D eigenvalue weighted by Crippen LogP contribution is 2.21. The van der Waals surface area contributed by atoms with Crippen molar-refractivity contribution in [3.63, 3.8) is 0 Å². The Bertz CT molecular complexity index is 470. The molecule has 0 aromatic heterocycles. The van der Waals surface area contributed by atoms with Gasteiger partial charge < -0.3 is 15.4 Å². The minimum absolute atomic E-state index is 0. The molecule has 1 aliphatic heterocycles. The van der Waals surface area contributed by atoms with Crippen molar-refractivity contribution in [2.75, 3.05) is 13.7 Å². The standard InChI is InChI=1S/C14H19FN2O2.ClH/c1-9-11(6-4-8-16-9)17-14(18)13-10(15)5-3-7-12(13)19-2;/h3,5,7,9,11,16H,4,6,8H2,1-2H3,(H,17,18);1H. The van der Waals surface area contributed by atoms with E-state index in [-0.39, 0.29) is 35.8 Å². The van der Waals surface area contributed by atoms with Crippen molar-refractivity contribution in [1.29, 1.82) is 0 Å². The molecule has 1 aliphatic rings. The Kier molecular flexibility index (Phi) is 6.23. The van der Waals surface area contributed by atoms with Gasteiger partial charge in [0.15, 0.2) is 0 Å². The van der Waals surface area contributed by atoms with E-state index in [4.69, 9.17) is 4.74 Å². The maximum Gasteiger partial charge on any atom is 0.258 e. The lowest BCUT2D eigenvalue weighted by atomic mass is 9.99. The van der Waals surface area contributed by atoms with Crippen LogP contribution in [-0.2, 0) is 0 Å². The Balaban J connectivity index is 0.00000200. The van der Waals surface area contributed by atoms with Gasteiger partial charge in [0, 0.05) is 12.1 Å². The van der Waals surface area contributed by atoms with Gasteiger partial charge in [0.25, 0.3) is 5.91 Å². The molecule has 112 valence electrons. The first kappa shape index (κ1) is 16.7. The summed E-state index contributed by atoms with van der Waals surface area (Å²) in [6, 6.07) is 4.58. The fourth-order valence-corrected chi connectivity index (χ4v) is 2.38. The number of amides is 1. The fourth-order valence-electron chi connectivity index (χ4n) is 2.38. The number of nitrogens with one attached hydrogen (secondary N) is 2. The fraction of sp³-hybridized carbons (Fsp3) is 0.500. The normalized spacial score (nSPS) is 21.8. The van der Waals surface area contributed by atoms with E-state index in [0.29, 0.717) is 0 Å². The van der Waals surface area contributed by atoms with Crippen LogP contribution in [0.15, 0.2) is 18.2 Å². The third kappa shape index (κ3) is 3.61. The highest BCUT2D eigenvalue weighted by atomic mass is 35.5. The van der Waals surface area contributed by atoms with Gasteiger partial charge >= 0.3 is 0 Å². The van der Waals surface area contributed by atoms with Crippen molar-refractivity contribution in [3.05, 3.63) is 29.6 Å². The molecule has 2 unspecified atom stereocenters. The maximum absolute atomic E-state index is 13.8. The number of ether oxygens (including phenoxy) is 1. The largest absolute Gasteiger partial charge is 0.496 e. The zero-order valence-corrected chi connectivity index (χ0v) is 12.4. The third-order valence-corrected chi connectivity index (χ3v) is 3.50. The van der Waals surface area contributed by atoms with E-state index >= 15 is 0 Å². The average molecular weight is 303 g/mol. The number of benzene rings is 1. The molecule has 0 spiro atoms. The van der Waals surface area contributed by atoms with Gasteiger partial charge in [-0.3, -0.25) is 4.79 Å². The average Bonchev–Trinajstić information content (AvgIpc) is 2.40. The summed E-state index contributed by atoms with van der Waals surface area (Å²) in [5.74, 6) is -0.724. The van der Waals surface area contributed by atoms with Gasteiger partial charge in [-0.05, 0) is 38.4 Å². The third-order valence-electron chi connectivity index (χ3n) is 3.50. The molecule has 0 radical (unpaired) electrons. The Labute approximate surface area is 124 Å². The van der Waals surface area contributed by atoms with Crippen molar-refractivity contribution in [2.45, 2.75) is 31.8 Å². The van der Waals surface area contributed by atoms with Crippen molar-refractivity contribution in [2.24, 2.45) is 0 Å². The second-order valence-corrected chi connectivity index (χ2v) is 4.78. The molecule has 2 atom stereocenters. The molecule has 6 heteroatoms. The smallest absolute Gasteiger partial charge is 0.258 e. The molecule has 2 rings (SSSR count). The zero-order chi connectivity index (χ0) is 13.8. The predicted molar refractivity (Wildman–Crippen MR) is 78.2 cm³/mol. The summed E-state index contributed by atoms with van der Waals surface area (Å²) < 4.78 is 18.8. The van der Waals surface area contributed by atoms with Gasteiger partial charge in [-0.15, -0.1) is 12.4 Å². The Hall–Kier alpha value is -1.33. The lowest BCUT2D eigenvalue weighted by molar-refractivity contribution is 0.0912. The van der Waals surface area contributed by atoms with Crippen LogP contribution in [0.25, 0.3) is 0 Å². The highest BCUT2D eigenvalue weighted by molar-refractivity contribution is 5.97. The van der Waals surface area contributed by atoms with Crippen LogP contribution in [0.2, 0.25) is 0 Å². The summed E-state index contributed by atoms with van der Waals surface area (Å²) in [5.41, 5.74) is -0.0252. The molecule has 1 saturated heterocycles. The van der Waals surface area contributed by atoms with E-state index in [9.17, 15) is 9.18 Å². The van der Waals surface area contributed by atoms with Crippen LogP contribution < -0.4 is 15.4 Å². The predicted octanol–water partition coefficient (Wildman–Crippen LogP) is 2.13. The maximum atomic E-state index is 13.8. The molecule has 2 N–H and O–H groups in total. The molecular formula is C14H20ClFN2O2. The van der Waals surface area contributed by atoms with Crippen molar-refractivity contribution < 1.29 is 13.9 Å². The first-order chi connectivity index (χ1) is 9.13. The van der Waals surface area contributed by atoms with E-state index < -0.39 is 11.7 Å². The summed E-state index contributed by atoms with van der Waals surface area (Å²) in [6.07, 6.45) is 1.90. The summed E-state index contributed by atoms with van der Waals surface area (Å²) in [5, 5.41) is 6.17. The first-order valence-electron chi connectivity index (χ1n) is 6.50. The lowest BCUT2D eigenvalue weighted by Crippen LogP contribution is -2.52. The molecule has 1 heterocycles. The summed E-state index contributed by atoms with van der Waals surface area (Å²) in [4.78, 5) is 12.2. The van der Waals surface area contributed by atoms with Gasteiger partial charge in [0.2, 0.25) is 0 Å². The number of methoxy groups -OCH3 is 1. The molecule has 1 aromatic carbocycles. The summed E-state index contributed by atoms with van der Waals surface area (Å²) in [6.45, 7) is 2.97. The molecular weight excluding hydrogens is 283 g/mol.